The summed E-state index contributed by atoms with van der Waals surface area (Å²) in [5.41, 5.74) is -1.14. The Balaban J connectivity index is 2.42. The van der Waals surface area contributed by atoms with Crippen LogP contribution in [0.25, 0.3) is 0 Å². The summed E-state index contributed by atoms with van der Waals surface area (Å²) >= 11 is 2.77. The minimum atomic E-state index is -4.93. The molecular formula is C11H8BrF4NO3S. The Morgan fingerprint density at radius 3 is 2.38 bits per heavy atom. The molecule has 0 radical (unpaired) electrons. The van der Waals surface area contributed by atoms with Crippen molar-refractivity contribution in [1.82, 2.24) is 0 Å². The number of carbonyl (C=O) groups is 1. The fourth-order valence-corrected chi connectivity index (χ4v) is 3.42. The van der Waals surface area contributed by atoms with Crippen LogP contribution in [-0.4, -0.2) is 26.1 Å². The monoisotopic (exact) mass is 389 g/mol. The first-order chi connectivity index (χ1) is 9.51. The fourth-order valence-electron chi connectivity index (χ4n) is 2.04. The van der Waals surface area contributed by atoms with Crippen molar-refractivity contribution >= 4 is 37.7 Å². The standard InChI is InChI=1S/C11H8BrF4NO3S/c12-10-7(11(13,14)15)2-1-3-8(10)17-5-6(4-9(17)18)21(16,19)20/h1-3,6H,4-5H2. The van der Waals surface area contributed by atoms with Crippen molar-refractivity contribution in [3.05, 3.63) is 28.2 Å². The van der Waals surface area contributed by atoms with Gasteiger partial charge >= 0.3 is 16.4 Å². The molecule has 0 aliphatic carbocycles. The van der Waals surface area contributed by atoms with Gasteiger partial charge in [-0.15, -0.1) is 3.89 Å². The van der Waals surface area contributed by atoms with E-state index in [1.54, 1.807) is 0 Å². The molecule has 10 heteroatoms. The third-order valence-corrected chi connectivity index (χ3v) is 5.01. The maximum atomic E-state index is 12.9. The highest BCUT2D eigenvalue weighted by Crippen LogP contribution is 2.41. The molecule has 0 saturated carbocycles. The van der Waals surface area contributed by atoms with Gasteiger partial charge < -0.3 is 4.90 Å². The Labute approximate surface area is 126 Å². The molecule has 1 aliphatic rings. The van der Waals surface area contributed by atoms with Crippen molar-refractivity contribution in [3.8, 4) is 0 Å². The number of alkyl halides is 3. The summed E-state index contributed by atoms with van der Waals surface area (Å²) < 4.78 is 72.6. The average Bonchev–Trinajstić information content (AvgIpc) is 2.70. The van der Waals surface area contributed by atoms with Crippen molar-refractivity contribution in [2.45, 2.75) is 17.8 Å². The van der Waals surface area contributed by atoms with Crippen molar-refractivity contribution < 1.29 is 30.3 Å². The largest absolute Gasteiger partial charge is 0.417 e. The van der Waals surface area contributed by atoms with Gasteiger partial charge in [0.05, 0.1) is 15.7 Å². The molecule has 1 unspecified atom stereocenters. The van der Waals surface area contributed by atoms with Gasteiger partial charge in [0.15, 0.2) is 0 Å². The van der Waals surface area contributed by atoms with Crippen LogP contribution in [0.4, 0.5) is 22.7 Å². The zero-order valence-corrected chi connectivity index (χ0v) is 12.6. The predicted octanol–water partition coefficient (Wildman–Crippen LogP) is 2.87. The molecule has 1 atom stereocenters. The molecule has 0 spiro atoms. The lowest BCUT2D eigenvalue weighted by Crippen LogP contribution is -2.27. The minimum absolute atomic E-state index is 0.138. The van der Waals surface area contributed by atoms with Gasteiger partial charge in [-0.05, 0) is 28.1 Å². The van der Waals surface area contributed by atoms with Crippen molar-refractivity contribution in [2.24, 2.45) is 0 Å². The molecule has 1 saturated heterocycles. The highest BCUT2D eigenvalue weighted by atomic mass is 79.9. The van der Waals surface area contributed by atoms with Crippen LogP contribution in [0.15, 0.2) is 22.7 Å². The lowest BCUT2D eigenvalue weighted by atomic mass is 10.2. The first-order valence-corrected chi connectivity index (χ1v) is 7.85. The van der Waals surface area contributed by atoms with Crippen molar-refractivity contribution in [1.29, 1.82) is 0 Å². The number of halogens is 5. The van der Waals surface area contributed by atoms with E-state index in [0.717, 1.165) is 17.0 Å². The molecule has 0 aromatic heterocycles. The number of carbonyl (C=O) groups excluding carboxylic acids is 1. The van der Waals surface area contributed by atoms with E-state index < -0.39 is 46.1 Å². The van der Waals surface area contributed by atoms with Crippen LogP contribution in [0.1, 0.15) is 12.0 Å². The Kier molecular flexibility index (Phi) is 4.04. The molecule has 1 amide bonds. The number of benzene rings is 1. The average molecular weight is 390 g/mol. The van der Waals surface area contributed by atoms with Gasteiger partial charge in [-0.3, -0.25) is 4.79 Å². The number of amides is 1. The normalized spacial score (nSPS) is 20.1. The zero-order chi connectivity index (χ0) is 16.0. The van der Waals surface area contributed by atoms with Crippen molar-refractivity contribution in [3.63, 3.8) is 0 Å². The lowest BCUT2D eigenvalue weighted by molar-refractivity contribution is -0.138. The van der Waals surface area contributed by atoms with Crippen LogP contribution in [0.2, 0.25) is 0 Å². The number of anilines is 1. The number of hydrogen-bond acceptors (Lipinski definition) is 3. The van der Waals surface area contributed by atoms with Gasteiger partial charge in [0.1, 0.15) is 5.25 Å². The Bertz CT molecular complexity index is 689. The van der Waals surface area contributed by atoms with Gasteiger partial charge in [0, 0.05) is 13.0 Å². The summed E-state index contributed by atoms with van der Waals surface area (Å²) in [6, 6.07) is 3.13. The smallest absolute Gasteiger partial charge is 0.310 e. The number of hydrogen-bond donors (Lipinski definition) is 0. The number of rotatable bonds is 2. The molecule has 1 fully saturated rings. The summed E-state index contributed by atoms with van der Waals surface area (Å²) in [6.07, 6.45) is -5.23. The second kappa shape index (κ2) is 5.24. The van der Waals surface area contributed by atoms with Crippen LogP contribution in [0, 0.1) is 0 Å². The van der Waals surface area contributed by atoms with Gasteiger partial charge in [-0.2, -0.15) is 21.6 Å². The molecule has 1 aromatic rings. The topological polar surface area (TPSA) is 54.5 Å². The first-order valence-electron chi connectivity index (χ1n) is 5.61. The van der Waals surface area contributed by atoms with Gasteiger partial charge in [0.25, 0.3) is 0 Å². The quantitative estimate of drug-likeness (QED) is 0.577. The van der Waals surface area contributed by atoms with Crippen LogP contribution >= 0.6 is 15.9 Å². The molecule has 0 N–H and O–H groups in total. The van der Waals surface area contributed by atoms with Crippen LogP contribution < -0.4 is 4.90 Å². The molecule has 21 heavy (non-hydrogen) atoms. The lowest BCUT2D eigenvalue weighted by Gasteiger charge is -2.20. The molecule has 1 heterocycles. The highest BCUT2D eigenvalue weighted by molar-refractivity contribution is 9.10. The van der Waals surface area contributed by atoms with Crippen LogP contribution in [0.5, 0.6) is 0 Å². The Hall–Kier alpha value is -1.16. The second-order valence-electron chi connectivity index (χ2n) is 4.44. The Morgan fingerprint density at radius 1 is 1.29 bits per heavy atom. The molecule has 4 nitrogen and oxygen atoms in total. The summed E-state index contributed by atoms with van der Waals surface area (Å²) in [7, 11) is -4.93. The summed E-state index contributed by atoms with van der Waals surface area (Å²) in [5.74, 6) is -0.749. The van der Waals surface area contributed by atoms with Crippen LogP contribution in [-0.2, 0) is 21.2 Å². The van der Waals surface area contributed by atoms with E-state index in [2.05, 4.69) is 15.9 Å². The molecule has 116 valence electrons. The summed E-state index contributed by atoms with van der Waals surface area (Å²) in [6.45, 7) is -0.516. The maximum Gasteiger partial charge on any atom is 0.417 e. The van der Waals surface area contributed by atoms with E-state index in [4.69, 9.17) is 0 Å². The van der Waals surface area contributed by atoms with E-state index in [9.17, 15) is 30.3 Å². The van der Waals surface area contributed by atoms with E-state index in [0.29, 0.717) is 0 Å². The van der Waals surface area contributed by atoms with E-state index in [1.165, 1.54) is 6.07 Å². The molecule has 1 aliphatic heterocycles. The Morgan fingerprint density at radius 2 is 1.90 bits per heavy atom. The molecule has 0 bridgehead atoms. The predicted molar refractivity (Wildman–Crippen MR) is 69.9 cm³/mol. The van der Waals surface area contributed by atoms with E-state index in [1.807, 2.05) is 0 Å². The van der Waals surface area contributed by atoms with Crippen LogP contribution in [0.3, 0.4) is 0 Å². The molecule has 1 aromatic carbocycles. The minimum Gasteiger partial charge on any atom is -0.310 e. The SMILES string of the molecule is O=C1CC(S(=O)(=O)F)CN1c1cccc(C(F)(F)F)c1Br. The maximum absolute atomic E-state index is 12.9. The first kappa shape index (κ1) is 16.2. The third-order valence-electron chi connectivity index (χ3n) is 3.06. The second-order valence-corrected chi connectivity index (χ2v) is 6.85. The number of nitrogens with zero attached hydrogens (tertiary/aromatic N) is 1. The molecular weight excluding hydrogens is 382 g/mol. The fraction of sp³-hybridized carbons (Fsp3) is 0.364. The van der Waals surface area contributed by atoms with Gasteiger partial charge in [-0.1, -0.05) is 6.07 Å². The van der Waals surface area contributed by atoms with Gasteiger partial charge in [-0.25, -0.2) is 0 Å². The summed E-state index contributed by atoms with van der Waals surface area (Å²) in [4.78, 5) is 12.6. The molecule has 2 rings (SSSR count). The van der Waals surface area contributed by atoms with Gasteiger partial charge in [0.2, 0.25) is 5.91 Å². The van der Waals surface area contributed by atoms with E-state index in [-0.39, 0.29) is 10.2 Å². The zero-order valence-electron chi connectivity index (χ0n) is 10.2. The van der Waals surface area contributed by atoms with E-state index >= 15 is 0 Å². The van der Waals surface area contributed by atoms with Crippen molar-refractivity contribution in [2.75, 3.05) is 11.4 Å². The summed E-state index contributed by atoms with van der Waals surface area (Å²) in [5, 5.41) is -1.56. The highest BCUT2D eigenvalue weighted by Gasteiger charge is 2.41. The third kappa shape index (κ3) is 3.20.